The van der Waals surface area contributed by atoms with Crippen molar-refractivity contribution < 1.29 is 24.0 Å². The van der Waals surface area contributed by atoms with Crippen LogP contribution in [-0.4, -0.2) is 42.0 Å². The minimum atomic E-state index is -1.01. The molecule has 0 aliphatic heterocycles. The molecule has 1 atom stereocenters. The van der Waals surface area contributed by atoms with Gasteiger partial charge in [-0.2, -0.15) is 0 Å². The Morgan fingerprint density at radius 1 is 1.23 bits per heavy atom. The number of aromatic nitrogens is 1. The van der Waals surface area contributed by atoms with Crippen molar-refractivity contribution in [3.05, 3.63) is 64.0 Å². The lowest BCUT2D eigenvalue weighted by Gasteiger charge is -2.17. The summed E-state index contributed by atoms with van der Waals surface area (Å²) in [5, 5.41) is 13.7. The largest absolute Gasteiger partial charge is 0.490 e. The molecule has 1 aromatic carbocycles. The molecule has 1 N–H and O–H groups in total. The van der Waals surface area contributed by atoms with Crippen LogP contribution in [0.5, 0.6) is 5.75 Å². The summed E-state index contributed by atoms with van der Waals surface area (Å²) >= 11 is 0. The van der Waals surface area contributed by atoms with Crippen LogP contribution in [-0.2, 0) is 16.0 Å². The van der Waals surface area contributed by atoms with Crippen LogP contribution in [0.25, 0.3) is 0 Å². The Balaban J connectivity index is 2.23. The van der Waals surface area contributed by atoms with Gasteiger partial charge in [0.15, 0.2) is 5.75 Å². The Labute approximate surface area is 149 Å². The van der Waals surface area contributed by atoms with Gasteiger partial charge in [-0.05, 0) is 23.8 Å². The Morgan fingerprint density at radius 3 is 2.50 bits per heavy atom. The van der Waals surface area contributed by atoms with Crippen molar-refractivity contribution in [1.82, 2.24) is 10.3 Å². The Morgan fingerprint density at radius 2 is 1.92 bits per heavy atom. The number of amides is 1. The predicted molar refractivity (Wildman–Crippen MR) is 90.9 cm³/mol. The molecule has 136 valence electrons. The molecule has 1 aromatic heterocycles. The topological polar surface area (TPSA) is 121 Å². The van der Waals surface area contributed by atoms with Gasteiger partial charge in [-0.3, -0.25) is 19.9 Å². The lowest BCUT2D eigenvalue weighted by molar-refractivity contribution is -0.385. The van der Waals surface area contributed by atoms with E-state index in [1.807, 2.05) is 0 Å². The zero-order valence-electron chi connectivity index (χ0n) is 14.2. The predicted octanol–water partition coefficient (Wildman–Crippen LogP) is 1.51. The van der Waals surface area contributed by atoms with E-state index in [0.717, 1.165) is 0 Å². The molecule has 0 saturated carbocycles. The molecule has 0 aliphatic rings. The minimum absolute atomic E-state index is 0.0222. The summed E-state index contributed by atoms with van der Waals surface area (Å²) in [5.74, 6) is -1.04. The molecular weight excluding hydrogens is 342 g/mol. The van der Waals surface area contributed by atoms with Crippen LogP contribution in [0.4, 0.5) is 5.69 Å². The summed E-state index contributed by atoms with van der Waals surface area (Å²) in [7, 11) is 2.53. The Bertz CT molecular complexity index is 809. The Kier molecular flexibility index (Phi) is 6.20. The number of pyridine rings is 1. The fraction of sp³-hybridized carbons (Fsp3) is 0.235. The molecule has 2 aromatic rings. The maximum absolute atomic E-state index is 12.3. The summed E-state index contributed by atoms with van der Waals surface area (Å²) in [6, 6.07) is 6.32. The molecule has 0 spiro atoms. The molecule has 2 rings (SSSR count). The molecule has 0 bridgehead atoms. The van der Waals surface area contributed by atoms with E-state index in [9.17, 15) is 19.7 Å². The van der Waals surface area contributed by atoms with Crippen molar-refractivity contribution in [3.63, 3.8) is 0 Å². The van der Waals surface area contributed by atoms with Gasteiger partial charge < -0.3 is 14.8 Å². The molecule has 0 unspecified atom stereocenters. The van der Waals surface area contributed by atoms with E-state index in [2.05, 4.69) is 10.3 Å². The van der Waals surface area contributed by atoms with Gasteiger partial charge in [0.2, 0.25) is 0 Å². The first-order valence-electron chi connectivity index (χ1n) is 7.56. The number of rotatable bonds is 7. The zero-order valence-corrected chi connectivity index (χ0v) is 14.2. The summed E-state index contributed by atoms with van der Waals surface area (Å²) in [5.41, 5.74) is 0.576. The van der Waals surface area contributed by atoms with Crippen molar-refractivity contribution in [2.45, 2.75) is 12.5 Å². The normalized spacial score (nSPS) is 11.3. The van der Waals surface area contributed by atoms with Gasteiger partial charge in [-0.25, -0.2) is 4.79 Å². The van der Waals surface area contributed by atoms with Crippen molar-refractivity contribution >= 4 is 17.6 Å². The SMILES string of the molecule is COC(=O)[C@@H](Cc1ccc(OC)c([N+](=O)[O-])c1)NC(=O)c1ccncc1. The van der Waals surface area contributed by atoms with Crippen LogP contribution in [0.15, 0.2) is 42.7 Å². The lowest BCUT2D eigenvalue weighted by Crippen LogP contribution is -2.43. The number of nitro benzene ring substituents is 1. The Hall–Kier alpha value is -3.49. The van der Waals surface area contributed by atoms with Crippen molar-refractivity contribution in [2.24, 2.45) is 0 Å². The molecule has 0 saturated heterocycles. The smallest absolute Gasteiger partial charge is 0.328 e. The summed E-state index contributed by atoms with van der Waals surface area (Å²) in [4.78, 5) is 38.7. The number of methoxy groups -OCH3 is 2. The number of nitro groups is 1. The quantitative estimate of drug-likeness (QED) is 0.452. The van der Waals surface area contributed by atoms with Crippen molar-refractivity contribution in [3.8, 4) is 5.75 Å². The number of hydrogen-bond acceptors (Lipinski definition) is 7. The van der Waals surface area contributed by atoms with E-state index >= 15 is 0 Å². The molecule has 0 radical (unpaired) electrons. The van der Waals surface area contributed by atoms with Crippen LogP contribution >= 0.6 is 0 Å². The first kappa shape index (κ1) is 18.8. The second-order valence-corrected chi connectivity index (χ2v) is 5.25. The first-order valence-corrected chi connectivity index (χ1v) is 7.56. The average Bonchev–Trinajstić information content (AvgIpc) is 2.67. The molecule has 26 heavy (non-hydrogen) atoms. The van der Waals surface area contributed by atoms with E-state index in [-0.39, 0.29) is 17.9 Å². The molecule has 1 heterocycles. The maximum Gasteiger partial charge on any atom is 0.328 e. The van der Waals surface area contributed by atoms with E-state index in [0.29, 0.717) is 11.1 Å². The fourth-order valence-electron chi connectivity index (χ4n) is 2.32. The summed E-state index contributed by atoms with van der Waals surface area (Å²) in [6.45, 7) is 0. The van der Waals surface area contributed by atoms with Gasteiger partial charge in [0.05, 0.1) is 19.1 Å². The van der Waals surface area contributed by atoms with Gasteiger partial charge in [0.1, 0.15) is 6.04 Å². The second-order valence-electron chi connectivity index (χ2n) is 5.25. The molecule has 9 heteroatoms. The van der Waals surface area contributed by atoms with Crippen LogP contribution in [0.2, 0.25) is 0 Å². The third-order valence-corrected chi connectivity index (χ3v) is 3.61. The zero-order chi connectivity index (χ0) is 19.1. The van der Waals surface area contributed by atoms with Gasteiger partial charge in [-0.15, -0.1) is 0 Å². The van der Waals surface area contributed by atoms with Gasteiger partial charge in [0, 0.05) is 30.4 Å². The highest BCUT2D eigenvalue weighted by molar-refractivity contribution is 5.96. The van der Waals surface area contributed by atoms with Crippen LogP contribution < -0.4 is 10.1 Å². The van der Waals surface area contributed by atoms with E-state index < -0.39 is 22.8 Å². The maximum atomic E-state index is 12.3. The van der Waals surface area contributed by atoms with Crippen molar-refractivity contribution in [2.75, 3.05) is 14.2 Å². The molecular formula is C17H17N3O6. The monoisotopic (exact) mass is 359 g/mol. The number of esters is 1. The number of carbonyl (C=O) groups is 2. The van der Waals surface area contributed by atoms with E-state index in [1.165, 1.54) is 50.9 Å². The highest BCUT2D eigenvalue weighted by Crippen LogP contribution is 2.28. The number of ether oxygens (including phenoxy) is 2. The lowest BCUT2D eigenvalue weighted by atomic mass is 10.0. The third-order valence-electron chi connectivity index (χ3n) is 3.61. The standard InChI is InChI=1S/C17H17N3O6/c1-25-15-4-3-11(10-14(15)20(23)24)9-13(17(22)26-2)19-16(21)12-5-7-18-8-6-12/h3-8,10,13H,9H2,1-2H3,(H,19,21)/t13-/m1/s1. The van der Waals surface area contributed by atoms with E-state index in [1.54, 1.807) is 6.07 Å². The molecule has 9 nitrogen and oxygen atoms in total. The average molecular weight is 359 g/mol. The number of carbonyl (C=O) groups excluding carboxylic acids is 2. The van der Waals surface area contributed by atoms with Crippen LogP contribution in [0.1, 0.15) is 15.9 Å². The first-order chi connectivity index (χ1) is 12.5. The van der Waals surface area contributed by atoms with Crippen LogP contribution in [0, 0.1) is 10.1 Å². The van der Waals surface area contributed by atoms with Gasteiger partial charge >= 0.3 is 11.7 Å². The summed E-state index contributed by atoms with van der Waals surface area (Å²) in [6.07, 6.45) is 2.93. The number of benzene rings is 1. The number of hydrogen-bond donors (Lipinski definition) is 1. The van der Waals surface area contributed by atoms with E-state index in [4.69, 9.17) is 9.47 Å². The molecule has 1 amide bonds. The molecule has 0 aliphatic carbocycles. The fourth-order valence-corrected chi connectivity index (χ4v) is 2.32. The van der Waals surface area contributed by atoms with Crippen molar-refractivity contribution in [1.29, 1.82) is 0 Å². The third kappa shape index (κ3) is 4.53. The second kappa shape index (κ2) is 8.56. The highest BCUT2D eigenvalue weighted by Gasteiger charge is 2.24. The van der Waals surface area contributed by atoms with Gasteiger partial charge in [-0.1, -0.05) is 6.07 Å². The minimum Gasteiger partial charge on any atom is -0.490 e. The number of nitrogens with zero attached hydrogens (tertiary/aromatic N) is 2. The highest BCUT2D eigenvalue weighted by atomic mass is 16.6. The van der Waals surface area contributed by atoms with Gasteiger partial charge in [0.25, 0.3) is 5.91 Å². The summed E-state index contributed by atoms with van der Waals surface area (Å²) < 4.78 is 9.67. The number of nitrogens with one attached hydrogen (secondary N) is 1. The van der Waals surface area contributed by atoms with Crippen LogP contribution in [0.3, 0.4) is 0 Å². The molecule has 0 fully saturated rings.